The van der Waals surface area contributed by atoms with Gasteiger partial charge in [-0.15, -0.1) is 0 Å². The number of unbranched alkanes of at least 4 members (excludes halogenated alkanes) is 3. The summed E-state index contributed by atoms with van der Waals surface area (Å²) in [5, 5.41) is 13.5. The first kappa shape index (κ1) is 13.2. The molecule has 92 valence electrons. The van der Waals surface area contributed by atoms with Crippen molar-refractivity contribution in [1.29, 1.82) is 0 Å². The number of aromatic nitrogens is 2. The van der Waals surface area contributed by atoms with Crippen LogP contribution in [0.25, 0.3) is 0 Å². The van der Waals surface area contributed by atoms with Gasteiger partial charge in [0.1, 0.15) is 6.10 Å². The fourth-order valence-electron chi connectivity index (χ4n) is 1.61. The third-order valence-electron chi connectivity index (χ3n) is 2.59. The maximum absolute atomic E-state index is 9.66. The number of hydrogen-bond donors (Lipinski definition) is 1. The van der Waals surface area contributed by atoms with E-state index in [0.29, 0.717) is 18.1 Å². The van der Waals surface area contributed by atoms with Crippen molar-refractivity contribution >= 4 is 0 Å². The molecule has 0 radical (unpaired) electrons. The van der Waals surface area contributed by atoms with E-state index >= 15 is 0 Å². The highest BCUT2D eigenvalue weighted by atomic mass is 16.5. The van der Waals surface area contributed by atoms with Crippen LogP contribution in [0.4, 0.5) is 0 Å². The number of hydrogen-bond acceptors (Lipinski definition) is 4. The number of aliphatic hydroxyl groups is 1. The van der Waals surface area contributed by atoms with E-state index in [-0.39, 0.29) is 0 Å². The summed E-state index contributed by atoms with van der Waals surface area (Å²) in [6.07, 6.45) is 6.62. The Hall–Kier alpha value is -0.900. The first-order valence-corrected chi connectivity index (χ1v) is 6.28. The molecule has 0 bridgehead atoms. The van der Waals surface area contributed by atoms with Gasteiger partial charge in [-0.2, -0.15) is 4.98 Å². The van der Waals surface area contributed by atoms with Gasteiger partial charge in [0.2, 0.25) is 5.89 Å². The lowest BCUT2D eigenvalue weighted by Gasteiger charge is -2.01. The average Bonchev–Trinajstić information content (AvgIpc) is 2.73. The average molecular weight is 226 g/mol. The summed E-state index contributed by atoms with van der Waals surface area (Å²) in [6, 6.07) is 0. The van der Waals surface area contributed by atoms with Gasteiger partial charge in [0.15, 0.2) is 5.82 Å². The van der Waals surface area contributed by atoms with Crippen molar-refractivity contribution in [2.24, 2.45) is 0 Å². The van der Waals surface area contributed by atoms with Crippen LogP contribution in [0.2, 0.25) is 0 Å². The van der Waals surface area contributed by atoms with E-state index in [0.717, 1.165) is 19.3 Å². The van der Waals surface area contributed by atoms with Gasteiger partial charge in [-0.3, -0.25) is 0 Å². The molecule has 0 aromatic carbocycles. The largest absolute Gasteiger partial charge is 0.385 e. The van der Waals surface area contributed by atoms with Crippen LogP contribution in [0.3, 0.4) is 0 Å². The highest BCUT2D eigenvalue weighted by Gasteiger charge is 2.13. The summed E-state index contributed by atoms with van der Waals surface area (Å²) in [5.41, 5.74) is 0. The van der Waals surface area contributed by atoms with Gasteiger partial charge in [-0.25, -0.2) is 0 Å². The summed E-state index contributed by atoms with van der Waals surface area (Å²) in [7, 11) is 0. The minimum Gasteiger partial charge on any atom is -0.385 e. The Kier molecular flexibility index (Phi) is 6.08. The Morgan fingerprint density at radius 1 is 1.19 bits per heavy atom. The molecule has 0 fully saturated rings. The summed E-state index contributed by atoms with van der Waals surface area (Å²) >= 11 is 0. The van der Waals surface area contributed by atoms with E-state index in [1.54, 1.807) is 0 Å². The molecule has 0 aliphatic rings. The fourth-order valence-corrected chi connectivity index (χ4v) is 1.61. The van der Waals surface area contributed by atoms with E-state index in [2.05, 4.69) is 17.1 Å². The summed E-state index contributed by atoms with van der Waals surface area (Å²) in [5.74, 6) is 1.09. The standard InChI is InChI=1S/C12H22N2O2/c1-3-5-6-7-9-11-13-12(14-16-11)10(15)8-4-2/h10,15H,3-9H2,1-2H3. The molecule has 16 heavy (non-hydrogen) atoms. The summed E-state index contributed by atoms with van der Waals surface area (Å²) < 4.78 is 5.09. The lowest BCUT2D eigenvalue weighted by atomic mass is 10.1. The SMILES string of the molecule is CCCCCCc1nc(C(O)CCC)no1. The molecule has 0 aliphatic heterocycles. The number of nitrogens with zero attached hydrogens (tertiary/aromatic N) is 2. The molecule has 1 rings (SSSR count). The molecular weight excluding hydrogens is 204 g/mol. The molecule has 1 heterocycles. The third kappa shape index (κ3) is 4.31. The minimum atomic E-state index is -0.571. The zero-order valence-electron chi connectivity index (χ0n) is 10.3. The first-order chi connectivity index (χ1) is 7.77. The van der Waals surface area contributed by atoms with E-state index < -0.39 is 6.10 Å². The maximum Gasteiger partial charge on any atom is 0.226 e. The molecule has 0 spiro atoms. The van der Waals surface area contributed by atoms with Crippen molar-refractivity contribution in [2.45, 2.75) is 64.9 Å². The number of aliphatic hydroxyl groups excluding tert-OH is 1. The van der Waals surface area contributed by atoms with Crippen molar-refractivity contribution in [3.8, 4) is 0 Å². The zero-order chi connectivity index (χ0) is 11.8. The van der Waals surface area contributed by atoms with Crippen LogP contribution in [0.1, 0.15) is 70.2 Å². The molecule has 1 unspecified atom stereocenters. The second-order valence-electron chi connectivity index (χ2n) is 4.16. The van der Waals surface area contributed by atoms with Crippen LogP contribution in [-0.4, -0.2) is 15.2 Å². The summed E-state index contributed by atoms with van der Waals surface area (Å²) in [6.45, 7) is 4.21. The molecule has 0 saturated heterocycles. The second kappa shape index (κ2) is 7.39. The van der Waals surface area contributed by atoms with Gasteiger partial charge < -0.3 is 9.63 Å². The highest BCUT2D eigenvalue weighted by molar-refractivity contribution is 4.90. The monoisotopic (exact) mass is 226 g/mol. The lowest BCUT2D eigenvalue weighted by Crippen LogP contribution is -1.99. The van der Waals surface area contributed by atoms with E-state index in [1.807, 2.05) is 6.92 Å². The lowest BCUT2D eigenvalue weighted by molar-refractivity contribution is 0.152. The maximum atomic E-state index is 9.66. The summed E-state index contributed by atoms with van der Waals surface area (Å²) in [4.78, 5) is 4.20. The first-order valence-electron chi connectivity index (χ1n) is 6.28. The predicted octanol–water partition coefficient (Wildman–Crippen LogP) is 3.03. The van der Waals surface area contributed by atoms with E-state index in [9.17, 15) is 5.11 Å². The Balaban J connectivity index is 2.33. The Labute approximate surface area is 97.1 Å². The van der Waals surface area contributed by atoms with Gasteiger partial charge in [0.05, 0.1) is 0 Å². The van der Waals surface area contributed by atoms with Crippen LogP contribution in [0, 0.1) is 0 Å². The van der Waals surface area contributed by atoms with Crippen LogP contribution >= 0.6 is 0 Å². The predicted molar refractivity (Wildman–Crippen MR) is 62.0 cm³/mol. The molecule has 4 nitrogen and oxygen atoms in total. The second-order valence-corrected chi connectivity index (χ2v) is 4.16. The van der Waals surface area contributed by atoms with Gasteiger partial charge in [-0.05, 0) is 12.8 Å². The van der Waals surface area contributed by atoms with Gasteiger partial charge in [-0.1, -0.05) is 44.7 Å². The Bertz CT molecular complexity index is 286. The smallest absolute Gasteiger partial charge is 0.226 e. The van der Waals surface area contributed by atoms with Crippen molar-refractivity contribution in [2.75, 3.05) is 0 Å². The van der Waals surface area contributed by atoms with Crippen LogP contribution < -0.4 is 0 Å². The van der Waals surface area contributed by atoms with Crippen molar-refractivity contribution in [1.82, 2.24) is 10.1 Å². The fraction of sp³-hybridized carbons (Fsp3) is 0.833. The molecule has 0 amide bonds. The van der Waals surface area contributed by atoms with E-state index in [1.165, 1.54) is 19.3 Å². The zero-order valence-corrected chi connectivity index (χ0v) is 10.3. The van der Waals surface area contributed by atoms with E-state index in [4.69, 9.17) is 4.52 Å². The molecule has 0 saturated carbocycles. The quantitative estimate of drug-likeness (QED) is 0.692. The van der Waals surface area contributed by atoms with Crippen LogP contribution in [0.5, 0.6) is 0 Å². The van der Waals surface area contributed by atoms with Crippen LogP contribution in [-0.2, 0) is 6.42 Å². The Morgan fingerprint density at radius 2 is 2.00 bits per heavy atom. The molecule has 1 N–H and O–H groups in total. The number of aryl methyl sites for hydroxylation is 1. The third-order valence-corrected chi connectivity index (χ3v) is 2.59. The Morgan fingerprint density at radius 3 is 2.69 bits per heavy atom. The van der Waals surface area contributed by atoms with Gasteiger partial charge >= 0.3 is 0 Å². The normalized spacial score (nSPS) is 12.9. The number of rotatable bonds is 8. The van der Waals surface area contributed by atoms with Crippen molar-refractivity contribution < 1.29 is 9.63 Å². The molecule has 1 aromatic rings. The molecule has 1 atom stereocenters. The minimum absolute atomic E-state index is 0.437. The van der Waals surface area contributed by atoms with Crippen LogP contribution in [0.15, 0.2) is 4.52 Å². The molecular formula is C12H22N2O2. The van der Waals surface area contributed by atoms with Crippen molar-refractivity contribution in [3.63, 3.8) is 0 Å². The molecule has 1 aromatic heterocycles. The topological polar surface area (TPSA) is 59.2 Å². The van der Waals surface area contributed by atoms with Gasteiger partial charge in [0, 0.05) is 6.42 Å². The highest BCUT2D eigenvalue weighted by Crippen LogP contribution is 2.15. The van der Waals surface area contributed by atoms with Crippen molar-refractivity contribution in [3.05, 3.63) is 11.7 Å². The molecule has 0 aliphatic carbocycles. The molecule has 4 heteroatoms. The van der Waals surface area contributed by atoms with Gasteiger partial charge in [0.25, 0.3) is 0 Å².